The maximum atomic E-state index is 12.3. The first-order chi connectivity index (χ1) is 28.1. The van der Waals surface area contributed by atoms with Gasteiger partial charge in [0, 0.05) is 25.2 Å². The van der Waals surface area contributed by atoms with Gasteiger partial charge in [-0.2, -0.15) is 0 Å². The van der Waals surface area contributed by atoms with E-state index in [1.165, 1.54) is 122 Å². The van der Waals surface area contributed by atoms with Gasteiger partial charge in [-0.3, -0.25) is 19.2 Å². The van der Waals surface area contributed by atoms with Crippen LogP contribution >= 0.6 is 0 Å². The van der Waals surface area contributed by atoms with Crippen molar-refractivity contribution in [3.05, 3.63) is 0 Å². The number of nitrogens with zero attached hydrogens (tertiary/aromatic N) is 1. The maximum Gasteiger partial charge on any atom is 0.308 e. The Morgan fingerprint density at radius 1 is 0.483 bits per heavy atom. The molecule has 0 rings (SSSR count). The van der Waals surface area contributed by atoms with Crippen molar-refractivity contribution in [1.82, 2.24) is 4.90 Å². The Labute approximate surface area is 359 Å². The molecule has 1 unspecified atom stereocenters. The smallest absolute Gasteiger partial charge is 0.308 e. The molecule has 0 saturated heterocycles. The van der Waals surface area contributed by atoms with Crippen LogP contribution in [-0.2, 0) is 33.4 Å². The van der Waals surface area contributed by atoms with Crippen LogP contribution in [0, 0.1) is 11.8 Å². The Balaban J connectivity index is -0.00000102. The lowest BCUT2D eigenvalue weighted by Gasteiger charge is -2.16. The van der Waals surface area contributed by atoms with E-state index in [2.05, 4.69) is 20.8 Å². The Morgan fingerprint density at radius 3 is 1.26 bits per heavy atom. The minimum Gasteiger partial charge on any atom is -0.481 e. The monoisotopic (exact) mass is 828 g/mol. The molecule has 0 spiro atoms. The number of hydrogen-bond acceptors (Lipinski definition) is 8. The zero-order chi connectivity index (χ0) is 43.9. The van der Waals surface area contributed by atoms with Crippen molar-refractivity contribution in [1.29, 1.82) is 0 Å². The van der Waals surface area contributed by atoms with Crippen molar-refractivity contribution in [2.75, 3.05) is 40.5 Å². The number of carbonyl (C=O) groups is 4. The number of ether oxygens (including phenoxy) is 3. The Hall–Kier alpha value is -2.16. The summed E-state index contributed by atoms with van der Waals surface area (Å²) in [6, 6.07) is 0. The number of carbonyl (C=O) groups excluding carboxylic acids is 3. The second-order valence-electron chi connectivity index (χ2n) is 16.5. The van der Waals surface area contributed by atoms with Gasteiger partial charge in [0.2, 0.25) is 0 Å². The predicted octanol–water partition coefficient (Wildman–Crippen LogP) is 13.7. The van der Waals surface area contributed by atoms with E-state index < -0.39 is 5.97 Å². The van der Waals surface area contributed by atoms with Gasteiger partial charge in [-0.15, -0.1) is 0 Å². The first-order valence-corrected chi connectivity index (χ1v) is 24.4. The highest BCUT2D eigenvalue weighted by Gasteiger charge is 2.19. The van der Waals surface area contributed by atoms with Crippen molar-refractivity contribution in [3.8, 4) is 0 Å². The molecule has 1 N–H and O–H groups in total. The van der Waals surface area contributed by atoms with Gasteiger partial charge in [-0.25, -0.2) is 0 Å². The van der Waals surface area contributed by atoms with Crippen molar-refractivity contribution < 1.29 is 38.5 Å². The molecular weight excluding hydrogens is 731 g/mol. The molecular formula is C49H97NO8. The average Bonchev–Trinajstić information content (AvgIpc) is 3.20. The molecule has 0 aromatic carbocycles. The molecule has 0 radical (unpaired) electrons. The summed E-state index contributed by atoms with van der Waals surface area (Å²) in [6.07, 6.45) is 34.0. The van der Waals surface area contributed by atoms with Gasteiger partial charge in [0.05, 0.1) is 25.7 Å². The fourth-order valence-electron chi connectivity index (χ4n) is 6.53. The van der Waals surface area contributed by atoms with Gasteiger partial charge >= 0.3 is 23.9 Å². The van der Waals surface area contributed by atoms with Gasteiger partial charge in [0.25, 0.3) is 0 Å². The molecule has 0 bridgehead atoms. The van der Waals surface area contributed by atoms with Gasteiger partial charge in [0.1, 0.15) is 0 Å². The van der Waals surface area contributed by atoms with Crippen LogP contribution in [0.25, 0.3) is 0 Å². The summed E-state index contributed by atoms with van der Waals surface area (Å²) >= 11 is 0. The summed E-state index contributed by atoms with van der Waals surface area (Å²) in [6.45, 7) is 14.5. The molecule has 0 aliphatic heterocycles. The van der Waals surface area contributed by atoms with Crippen LogP contribution in [-0.4, -0.2) is 74.3 Å². The number of hydrogen-bond donors (Lipinski definition) is 1. The van der Waals surface area contributed by atoms with Crippen LogP contribution < -0.4 is 0 Å². The molecule has 2 atom stereocenters. The number of carboxylic acid groups (broad SMARTS) is 1. The topological polar surface area (TPSA) is 119 Å². The fourth-order valence-corrected chi connectivity index (χ4v) is 6.53. The van der Waals surface area contributed by atoms with Crippen LogP contribution in [0.15, 0.2) is 0 Å². The standard InChI is InChI=1S/C26H51NO4.C21H40O4.C2H6/c1-5-6-7-8-9-10-11-12-13-14-15-16-17-19-25(28)30-22-24(2)23-31-26(29)20-18-21-27(3)4;1-3-5-7-9-10-12-16-19(15-11-8-6-4-2)21(24)25-18-14-13-17-20(22)23;1-2/h24H,5-23H2,1-4H3;19H,3-18H2,1-2H3,(H,22,23);1-2H3/t24-;;/m0../s1. The summed E-state index contributed by atoms with van der Waals surface area (Å²) in [5.74, 6) is -1.10. The van der Waals surface area contributed by atoms with E-state index in [9.17, 15) is 19.2 Å². The molecule has 9 heteroatoms. The quantitative estimate of drug-likeness (QED) is 0.0366. The minimum atomic E-state index is -0.789. The number of aliphatic carboxylic acids is 1. The first kappa shape index (κ1) is 60.1. The van der Waals surface area contributed by atoms with Crippen LogP contribution in [0.1, 0.15) is 241 Å². The zero-order valence-electron chi connectivity index (χ0n) is 39.7. The third kappa shape index (κ3) is 50.0. The second kappa shape index (κ2) is 49.2. The third-order valence-corrected chi connectivity index (χ3v) is 10.2. The van der Waals surface area contributed by atoms with E-state index in [1.807, 2.05) is 39.8 Å². The normalized spacial score (nSPS) is 11.8. The first-order valence-electron chi connectivity index (χ1n) is 24.4. The number of esters is 3. The predicted molar refractivity (Wildman–Crippen MR) is 243 cm³/mol. The fraction of sp³-hybridized carbons (Fsp3) is 0.918. The zero-order valence-corrected chi connectivity index (χ0v) is 39.7. The average molecular weight is 828 g/mol. The second-order valence-corrected chi connectivity index (χ2v) is 16.5. The van der Waals surface area contributed by atoms with E-state index in [0.717, 1.165) is 51.5 Å². The van der Waals surface area contributed by atoms with Crippen LogP contribution in [0.5, 0.6) is 0 Å². The lowest BCUT2D eigenvalue weighted by atomic mass is 9.94. The van der Waals surface area contributed by atoms with Gasteiger partial charge in [0.15, 0.2) is 0 Å². The summed E-state index contributed by atoms with van der Waals surface area (Å²) < 4.78 is 16.0. The molecule has 0 saturated carbocycles. The molecule has 0 aromatic heterocycles. The highest BCUT2D eigenvalue weighted by molar-refractivity contribution is 5.72. The molecule has 0 heterocycles. The lowest BCUT2D eigenvalue weighted by molar-refractivity contribution is -0.150. The maximum absolute atomic E-state index is 12.3. The number of unbranched alkanes of at least 4 members (excludes halogenated alkanes) is 21. The highest BCUT2D eigenvalue weighted by Crippen LogP contribution is 2.21. The van der Waals surface area contributed by atoms with E-state index in [0.29, 0.717) is 45.5 Å². The van der Waals surface area contributed by atoms with Crippen LogP contribution in [0.3, 0.4) is 0 Å². The van der Waals surface area contributed by atoms with Crippen LogP contribution in [0.4, 0.5) is 0 Å². The third-order valence-electron chi connectivity index (χ3n) is 10.2. The Morgan fingerprint density at radius 2 is 0.845 bits per heavy atom. The molecule has 0 fully saturated rings. The van der Waals surface area contributed by atoms with Gasteiger partial charge in [-0.1, -0.05) is 183 Å². The molecule has 9 nitrogen and oxygen atoms in total. The SMILES string of the molecule is CC.CCCCCCCCC(CCCCCC)C(=O)OCCCCC(=O)O.CCCCCCCCCCCCCCCC(=O)OC[C@H](C)COC(=O)CCCN(C)C. The van der Waals surface area contributed by atoms with Crippen LogP contribution in [0.2, 0.25) is 0 Å². The molecule has 346 valence electrons. The van der Waals surface area contributed by atoms with Crippen molar-refractivity contribution in [2.45, 2.75) is 241 Å². The number of rotatable bonds is 40. The van der Waals surface area contributed by atoms with Gasteiger partial charge in [-0.05, 0) is 59.2 Å². The van der Waals surface area contributed by atoms with E-state index in [-0.39, 0.29) is 36.2 Å². The van der Waals surface area contributed by atoms with Crippen molar-refractivity contribution >= 4 is 23.9 Å². The molecule has 0 aromatic rings. The molecule has 0 aliphatic rings. The summed E-state index contributed by atoms with van der Waals surface area (Å²) in [5, 5.41) is 8.62. The minimum absolute atomic E-state index is 0.0301. The molecule has 0 amide bonds. The number of carboxylic acids is 1. The Bertz CT molecular complexity index is 896. The van der Waals surface area contributed by atoms with E-state index in [1.54, 1.807) is 0 Å². The molecule has 58 heavy (non-hydrogen) atoms. The van der Waals surface area contributed by atoms with Crippen molar-refractivity contribution in [3.63, 3.8) is 0 Å². The van der Waals surface area contributed by atoms with E-state index in [4.69, 9.17) is 19.3 Å². The summed E-state index contributed by atoms with van der Waals surface area (Å²) in [7, 11) is 3.97. The summed E-state index contributed by atoms with van der Waals surface area (Å²) in [4.78, 5) is 48.4. The van der Waals surface area contributed by atoms with Crippen molar-refractivity contribution in [2.24, 2.45) is 11.8 Å². The van der Waals surface area contributed by atoms with Gasteiger partial charge < -0.3 is 24.2 Å². The summed E-state index contributed by atoms with van der Waals surface area (Å²) in [5.41, 5.74) is 0. The largest absolute Gasteiger partial charge is 0.481 e. The Kier molecular flexibility index (Phi) is 51.0. The highest BCUT2D eigenvalue weighted by atomic mass is 16.5. The van der Waals surface area contributed by atoms with E-state index >= 15 is 0 Å². The lowest BCUT2D eigenvalue weighted by Crippen LogP contribution is -2.19. The molecule has 0 aliphatic carbocycles.